The van der Waals surface area contributed by atoms with Gasteiger partial charge in [0.2, 0.25) is 11.8 Å². The Bertz CT molecular complexity index is 698. The Morgan fingerprint density at radius 2 is 1.68 bits per heavy atom. The molecule has 2 rings (SSSR count). The van der Waals surface area contributed by atoms with Gasteiger partial charge in [0.05, 0.1) is 0 Å². The molecule has 0 aliphatic heterocycles. The highest BCUT2D eigenvalue weighted by Gasteiger charge is 2.14. The molecule has 0 atom stereocenters. The molecule has 2 aromatic rings. The van der Waals surface area contributed by atoms with Crippen molar-refractivity contribution < 1.29 is 9.59 Å². The van der Waals surface area contributed by atoms with Crippen molar-refractivity contribution in [1.29, 1.82) is 0 Å². The van der Waals surface area contributed by atoms with E-state index in [9.17, 15) is 9.59 Å². The van der Waals surface area contributed by atoms with Gasteiger partial charge in [0.25, 0.3) is 0 Å². The summed E-state index contributed by atoms with van der Waals surface area (Å²) >= 11 is 0. The lowest BCUT2D eigenvalue weighted by molar-refractivity contribution is -0.121. The predicted octanol–water partition coefficient (Wildman–Crippen LogP) is 3.49. The molecule has 0 heterocycles. The van der Waals surface area contributed by atoms with Crippen LogP contribution in [0.1, 0.15) is 30.9 Å². The van der Waals surface area contributed by atoms with Crippen LogP contribution in [-0.2, 0) is 16.0 Å². The summed E-state index contributed by atoms with van der Waals surface area (Å²) < 4.78 is 0. The molecule has 0 aliphatic rings. The van der Waals surface area contributed by atoms with Crippen molar-refractivity contribution in [2.24, 2.45) is 0 Å². The molecule has 0 unspecified atom stereocenters. The van der Waals surface area contributed by atoms with Crippen LogP contribution in [0.3, 0.4) is 0 Å². The summed E-state index contributed by atoms with van der Waals surface area (Å²) in [5, 5.41) is 2.94. The van der Waals surface area contributed by atoms with Crippen molar-refractivity contribution in [3.63, 3.8) is 0 Å². The van der Waals surface area contributed by atoms with Gasteiger partial charge in [0.15, 0.2) is 0 Å². The molecule has 1 N–H and O–H groups in total. The first-order valence-electron chi connectivity index (χ1n) is 8.72. The fraction of sp³-hybridized carbons (Fsp3) is 0.333. The SMILES string of the molecule is CC(=O)N(CCC(=O)NCCCc1ccccc1)c1ccccc1C. The van der Waals surface area contributed by atoms with Crippen LogP contribution in [-0.4, -0.2) is 24.9 Å². The highest BCUT2D eigenvalue weighted by Crippen LogP contribution is 2.19. The van der Waals surface area contributed by atoms with Crippen LogP contribution in [0.2, 0.25) is 0 Å². The number of nitrogens with one attached hydrogen (secondary N) is 1. The van der Waals surface area contributed by atoms with Crippen molar-refractivity contribution in [3.8, 4) is 0 Å². The summed E-state index contributed by atoms with van der Waals surface area (Å²) in [6, 6.07) is 18.0. The molecule has 0 aromatic heterocycles. The first-order chi connectivity index (χ1) is 12.1. The highest BCUT2D eigenvalue weighted by atomic mass is 16.2. The molecule has 0 fully saturated rings. The van der Waals surface area contributed by atoms with Gasteiger partial charge in [-0.15, -0.1) is 0 Å². The maximum atomic E-state index is 12.0. The van der Waals surface area contributed by atoms with Crippen LogP contribution >= 0.6 is 0 Å². The van der Waals surface area contributed by atoms with Gasteiger partial charge < -0.3 is 10.2 Å². The summed E-state index contributed by atoms with van der Waals surface area (Å²) in [5.41, 5.74) is 3.17. The lowest BCUT2D eigenvalue weighted by Gasteiger charge is -2.22. The summed E-state index contributed by atoms with van der Waals surface area (Å²) in [5.74, 6) is -0.0703. The van der Waals surface area contributed by atoms with Crippen LogP contribution in [0.25, 0.3) is 0 Å². The summed E-state index contributed by atoms with van der Waals surface area (Å²) in [6.45, 7) is 4.54. The molecular formula is C21H26N2O2. The number of aryl methyl sites for hydroxylation is 2. The Labute approximate surface area is 149 Å². The van der Waals surface area contributed by atoms with Gasteiger partial charge in [-0.2, -0.15) is 0 Å². The number of carbonyl (C=O) groups excluding carboxylic acids is 2. The van der Waals surface area contributed by atoms with E-state index in [1.165, 1.54) is 12.5 Å². The Kier molecular flexibility index (Phi) is 7.20. The quantitative estimate of drug-likeness (QED) is 0.749. The van der Waals surface area contributed by atoms with Gasteiger partial charge in [0, 0.05) is 32.1 Å². The smallest absolute Gasteiger partial charge is 0.223 e. The number of carbonyl (C=O) groups is 2. The Hall–Kier alpha value is -2.62. The van der Waals surface area contributed by atoms with E-state index >= 15 is 0 Å². The number of hydrogen-bond donors (Lipinski definition) is 1. The van der Waals surface area contributed by atoms with Gasteiger partial charge in [-0.1, -0.05) is 48.5 Å². The molecule has 25 heavy (non-hydrogen) atoms. The average molecular weight is 338 g/mol. The summed E-state index contributed by atoms with van der Waals surface area (Å²) in [6.07, 6.45) is 2.16. The van der Waals surface area contributed by atoms with E-state index in [0.29, 0.717) is 19.5 Å². The zero-order chi connectivity index (χ0) is 18.1. The van der Waals surface area contributed by atoms with E-state index in [1.54, 1.807) is 4.90 Å². The molecule has 132 valence electrons. The van der Waals surface area contributed by atoms with Crippen LogP contribution in [0, 0.1) is 6.92 Å². The minimum Gasteiger partial charge on any atom is -0.356 e. The Morgan fingerprint density at radius 3 is 2.36 bits per heavy atom. The first kappa shape index (κ1) is 18.7. The minimum atomic E-state index is -0.0498. The molecule has 0 radical (unpaired) electrons. The van der Waals surface area contributed by atoms with Gasteiger partial charge in [-0.25, -0.2) is 0 Å². The number of hydrogen-bond acceptors (Lipinski definition) is 2. The first-order valence-corrected chi connectivity index (χ1v) is 8.72. The van der Waals surface area contributed by atoms with E-state index in [2.05, 4.69) is 17.4 Å². The Balaban J connectivity index is 1.76. The maximum Gasteiger partial charge on any atom is 0.223 e. The second kappa shape index (κ2) is 9.62. The molecule has 0 aliphatic carbocycles. The average Bonchev–Trinajstić information content (AvgIpc) is 2.61. The van der Waals surface area contributed by atoms with Crippen molar-refractivity contribution in [1.82, 2.24) is 5.32 Å². The van der Waals surface area contributed by atoms with Crippen molar-refractivity contribution in [3.05, 3.63) is 65.7 Å². The molecule has 2 aromatic carbocycles. The van der Waals surface area contributed by atoms with E-state index in [1.807, 2.05) is 49.4 Å². The largest absolute Gasteiger partial charge is 0.356 e. The highest BCUT2D eigenvalue weighted by molar-refractivity contribution is 5.93. The third kappa shape index (κ3) is 6.07. The predicted molar refractivity (Wildman–Crippen MR) is 102 cm³/mol. The van der Waals surface area contributed by atoms with Gasteiger partial charge in [-0.3, -0.25) is 9.59 Å². The monoisotopic (exact) mass is 338 g/mol. The number of nitrogens with zero attached hydrogens (tertiary/aromatic N) is 1. The third-order valence-corrected chi connectivity index (χ3v) is 4.16. The number of amides is 2. The molecule has 2 amide bonds. The fourth-order valence-electron chi connectivity index (χ4n) is 2.78. The number of para-hydroxylation sites is 1. The van der Waals surface area contributed by atoms with Crippen molar-refractivity contribution in [2.45, 2.75) is 33.1 Å². The summed E-state index contributed by atoms with van der Waals surface area (Å²) in [4.78, 5) is 25.6. The van der Waals surface area contributed by atoms with Crippen LogP contribution < -0.4 is 10.2 Å². The van der Waals surface area contributed by atoms with Crippen LogP contribution in [0.4, 0.5) is 5.69 Å². The molecule has 0 saturated heterocycles. The molecule has 4 nitrogen and oxygen atoms in total. The molecule has 0 bridgehead atoms. The fourth-order valence-corrected chi connectivity index (χ4v) is 2.78. The lowest BCUT2D eigenvalue weighted by atomic mass is 10.1. The van der Waals surface area contributed by atoms with Gasteiger partial charge in [0.1, 0.15) is 0 Å². The molecule has 0 saturated carbocycles. The number of rotatable bonds is 8. The lowest BCUT2D eigenvalue weighted by Crippen LogP contribution is -2.34. The third-order valence-electron chi connectivity index (χ3n) is 4.16. The molecule has 0 spiro atoms. The second-order valence-corrected chi connectivity index (χ2v) is 6.15. The standard InChI is InChI=1S/C21H26N2O2/c1-17-9-6-7-13-20(17)23(18(2)24)16-14-21(25)22-15-8-12-19-10-4-3-5-11-19/h3-7,9-11,13H,8,12,14-16H2,1-2H3,(H,22,25). The van der Waals surface area contributed by atoms with E-state index < -0.39 is 0 Å². The zero-order valence-electron chi connectivity index (χ0n) is 15.0. The molecule has 4 heteroatoms. The van der Waals surface area contributed by atoms with Gasteiger partial charge >= 0.3 is 0 Å². The van der Waals surface area contributed by atoms with E-state index in [0.717, 1.165) is 24.1 Å². The van der Waals surface area contributed by atoms with Crippen molar-refractivity contribution in [2.75, 3.05) is 18.0 Å². The number of benzene rings is 2. The minimum absolute atomic E-state index is 0.0205. The zero-order valence-corrected chi connectivity index (χ0v) is 15.0. The summed E-state index contributed by atoms with van der Waals surface area (Å²) in [7, 11) is 0. The second-order valence-electron chi connectivity index (χ2n) is 6.15. The normalized spacial score (nSPS) is 10.3. The van der Waals surface area contributed by atoms with E-state index in [4.69, 9.17) is 0 Å². The Morgan fingerprint density at radius 1 is 1.00 bits per heavy atom. The van der Waals surface area contributed by atoms with Gasteiger partial charge in [-0.05, 0) is 37.0 Å². The van der Waals surface area contributed by atoms with Crippen LogP contribution in [0.5, 0.6) is 0 Å². The molecular weight excluding hydrogens is 312 g/mol. The van der Waals surface area contributed by atoms with Crippen LogP contribution in [0.15, 0.2) is 54.6 Å². The van der Waals surface area contributed by atoms with Crippen molar-refractivity contribution >= 4 is 17.5 Å². The topological polar surface area (TPSA) is 49.4 Å². The van der Waals surface area contributed by atoms with E-state index in [-0.39, 0.29) is 11.8 Å². The number of anilines is 1. The maximum absolute atomic E-state index is 12.0.